The van der Waals surface area contributed by atoms with Crippen molar-refractivity contribution in [2.45, 2.75) is 33.2 Å². The number of aryl methyl sites for hydroxylation is 2. The summed E-state index contributed by atoms with van der Waals surface area (Å²) in [6.45, 7) is 4.23. The number of pyridine rings is 1. The SMILES string of the molecule is CCCc1noc(CN(C)C(=O)c2cccc(-c3nc(C)ccc3OC)c2)n1. The molecule has 0 radical (unpaired) electrons. The highest BCUT2D eigenvalue weighted by Crippen LogP contribution is 2.29. The normalized spacial score (nSPS) is 10.7. The fraction of sp³-hybridized carbons (Fsp3) is 0.333. The van der Waals surface area contributed by atoms with Crippen molar-refractivity contribution >= 4 is 5.91 Å². The van der Waals surface area contributed by atoms with Gasteiger partial charge in [0.1, 0.15) is 11.4 Å². The number of benzene rings is 1. The van der Waals surface area contributed by atoms with Gasteiger partial charge in [-0.2, -0.15) is 4.98 Å². The van der Waals surface area contributed by atoms with Crippen molar-refractivity contribution in [2.24, 2.45) is 0 Å². The first-order valence-corrected chi connectivity index (χ1v) is 9.20. The van der Waals surface area contributed by atoms with Crippen LogP contribution in [0.15, 0.2) is 40.9 Å². The highest BCUT2D eigenvalue weighted by molar-refractivity contribution is 5.95. The predicted octanol–water partition coefficient (Wildman–Crippen LogP) is 3.67. The number of carbonyl (C=O) groups excluding carboxylic acids is 1. The van der Waals surface area contributed by atoms with Gasteiger partial charge in [-0.05, 0) is 37.6 Å². The van der Waals surface area contributed by atoms with E-state index in [4.69, 9.17) is 9.26 Å². The molecule has 0 aliphatic rings. The van der Waals surface area contributed by atoms with Crippen LogP contribution in [0.4, 0.5) is 0 Å². The lowest BCUT2D eigenvalue weighted by molar-refractivity contribution is 0.0769. The summed E-state index contributed by atoms with van der Waals surface area (Å²) in [7, 11) is 3.32. The topological polar surface area (TPSA) is 81.4 Å². The van der Waals surface area contributed by atoms with E-state index in [1.54, 1.807) is 25.1 Å². The second-order valence-electron chi connectivity index (χ2n) is 6.60. The Hall–Kier alpha value is -3.22. The van der Waals surface area contributed by atoms with Crippen LogP contribution in [0.2, 0.25) is 0 Å². The van der Waals surface area contributed by atoms with E-state index in [2.05, 4.69) is 22.0 Å². The molecule has 0 atom stereocenters. The molecule has 0 aliphatic carbocycles. The van der Waals surface area contributed by atoms with Crippen LogP contribution in [0.25, 0.3) is 11.3 Å². The van der Waals surface area contributed by atoms with Gasteiger partial charge in [0.15, 0.2) is 5.82 Å². The highest BCUT2D eigenvalue weighted by atomic mass is 16.5. The smallest absolute Gasteiger partial charge is 0.254 e. The lowest BCUT2D eigenvalue weighted by atomic mass is 10.1. The molecule has 7 heteroatoms. The molecule has 1 aromatic carbocycles. The summed E-state index contributed by atoms with van der Waals surface area (Å²) in [4.78, 5) is 23.3. The second-order valence-corrected chi connectivity index (χ2v) is 6.60. The molecule has 1 amide bonds. The monoisotopic (exact) mass is 380 g/mol. The Balaban J connectivity index is 1.81. The maximum Gasteiger partial charge on any atom is 0.254 e. The average molecular weight is 380 g/mol. The first-order chi connectivity index (χ1) is 13.5. The number of rotatable bonds is 7. The molecule has 28 heavy (non-hydrogen) atoms. The predicted molar refractivity (Wildman–Crippen MR) is 105 cm³/mol. The summed E-state index contributed by atoms with van der Waals surface area (Å²) in [5.41, 5.74) is 2.96. The molecule has 0 bridgehead atoms. The summed E-state index contributed by atoms with van der Waals surface area (Å²) in [5, 5.41) is 3.93. The van der Waals surface area contributed by atoms with Crippen LogP contribution in [-0.4, -0.2) is 40.1 Å². The molecule has 3 aromatic rings. The number of nitrogens with zero attached hydrogens (tertiary/aromatic N) is 4. The average Bonchev–Trinajstić information content (AvgIpc) is 3.14. The molecule has 3 rings (SSSR count). The van der Waals surface area contributed by atoms with Crippen LogP contribution in [-0.2, 0) is 13.0 Å². The summed E-state index contributed by atoms with van der Waals surface area (Å²) >= 11 is 0. The van der Waals surface area contributed by atoms with Crippen molar-refractivity contribution in [3.8, 4) is 17.0 Å². The van der Waals surface area contributed by atoms with Crippen LogP contribution < -0.4 is 4.74 Å². The fourth-order valence-corrected chi connectivity index (χ4v) is 2.89. The Morgan fingerprint density at radius 1 is 1.21 bits per heavy atom. The zero-order valence-corrected chi connectivity index (χ0v) is 16.6. The molecular weight excluding hydrogens is 356 g/mol. The summed E-state index contributed by atoms with van der Waals surface area (Å²) in [5.74, 6) is 1.62. The van der Waals surface area contributed by atoms with E-state index in [0.29, 0.717) is 28.7 Å². The minimum absolute atomic E-state index is 0.135. The van der Waals surface area contributed by atoms with Gasteiger partial charge in [-0.1, -0.05) is 24.2 Å². The van der Waals surface area contributed by atoms with Gasteiger partial charge in [-0.3, -0.25) is 4.79 Å². The molecule has 0 fully saturated rings. The third-order valence-electron chi connectivity index (χ3n) is 4.30. The number of amides is 1. The molecule has 0 saturated heterocycles. The summed E-state index contributed by atoms with van der Waals surface area (Å²) < 4.78 is 10.6. The van der Waals surface area contributed by atoms with E-state index in [1.165, 1.54) is 0 Å². The van der Waals surface area contributed by atoms with E-state index in [-0.39, 0.29) is 12.5 Å². The summed E-state index contributed by atoms with van der Waals surface area (Å²) in [6, 6.07) is 11.1. The Morgan fingerprint density at radius 2 is 2.04 bits per heavy atom. The molecule has 2 heterocycles. The van der Waals surface area contributed by atoms with Crippen LogP contribution in [0, 0.1) is 6.92 Å². The Morgan fingerprint density at radius 3 is 2.79 bits per heavy atom. The van der Waals surface area contributed by atoms with E-state index in [1.807, 2.05) is 37.3 Å². The quantitative estimate of drug-likeness (QED) is 0.622. The molecule has 0 unspecified atom stereocenters. The first kappa shape index (κ1) is 19.5. The van der Waals surface area contributed by atoms with E-state index in [0.717, 1.165) is 24.1 Å². The minimum Gasteiger partial charge on any atom is -0.494 e. The van der Waals surface area contributed by atoms with Crippen molar-refractivity contribution in [1.82, 2.24) is 20.0 Å². The van der Waals surface area contributed by atoms with E-state index >= 15 is 0 Å². The number of carbonyl (C=O) groups is 1. The lowest BCUT2D eigenvalue weighted by Gasteiger charge is -2.16. The zero-order chi connectivity index (χ0) is 20.1. The maximum absolute atomic E-state index is 12.9. The van der Waals surface area contributed by atoms with Crippen molar-refractivity contribution in [1.29, 1.82) is 0 Å². The third kappa shape index (κ3) is 4.36. The van der Waals surface area contributed by atoms with E-state index < -0.39 is 0 Å². The number of ether oxygens (including phenoxy) is 1. The third-order valence-corrected chi connectivity index (χ3v) is 4.30. The Bertz CT molecular complexity index is 968. The molecular formula is C21H24N4O3. The van der Waals surface area contributed by atoms with Gasteiger partial charge in [-0.15, -0.1) is 0 Å². The zero-order valence-electron chi connectivity index (χ0n) is 16.6. The molecule has 0 N–H and O–H groups in total. The standard InChI is InChI=1S/C21H24N4O3/c1-5-7-18-23-19(28-24-18)13-25(3)21(26)16-9-6-8-15(12-16)20-17(27-4)11-10-14(2)22-20/h6,8-12H,5,7,13H2,1-4H3. The molecule has 0 saturated carbocycles. The van der Waals surface area contributed by atoms with Crippen molar-refractivity contribution in [2.75, 3.05) is 14.2 Å². The second kappa shape index (κ2) is 8.65. The van der Waals surface area contributed by atoms with Gasteiger partial charge < -0.3 is 14.2 Å². The minimum atomic E-state index is -0.135. The molecule has 0 aliphatic heterocycles. The number of aromatic nitrogens is 3. The number of methoxy groups -OCH3 is 1. The lowest BCUT2D eigenvalue weighted by Crippen LogP contribution is -2.26. The Kier molecular flexibility index (Phi) is 6.03. The number of hydrogen-bond donors (Lipinski definition) is 0. The van der Waals surface area contributed by atoms with Crippen LogP contribution in [0.1, 0.15) is 41.1 Å². The van der Waals surface area contributed by atoms with E-state index in [9.17, 15) is 4.79 Å². The molecule has 0 spiro atoms. The first-order valence-electron chi connectivity index (χ1n) is 9.20. The van der Waals surface area contributed by atoms with Gasteiger partial charge in [0.25, 0.3) is 5.91 Å². The van der Waals surface area contributed by atoms with Gasteiger partial charge in [-0.25, -0.2) is 4.98 Å². The maximum atomic E-state index is 12.9. The fourth-order valence-electron chi connectivity index (χ4n) is 2.89. The largest absolute Gasteiger partial charge is 0.494 e. The molecule has 7 nitrogen and oxygen atoms in total. The van der Waals surface area contributed by atoms with Gasteiger partial charge >= 0.3 is 0 Å². The highest BCUT2D eigenvalue weighted by Gasteiger charge is 2.17. The van der Waals surface area contributed by atoms with Crippen LogP contribution >= 0.6 is 0 Å². The van der Waals surface area contributed by atoms with Crippen LogP contribution in [0.5, 0.6) is 5.75 Å². The number of hydrogen-bond acceptors (Lipinski definition) is 6. The van der Waals surface area contributed by atoms with Gasteiger partial charge in [0.05, 0.1) is 13.7 Å². The van der Waals surface area contributed by atoms with Gasteiger partial charge in [0.2, 0.25) is 5.89 Å². The van der Waals surface area contributed by atoms with Crippen molar-refractivity contribution < 1.29 is 14.1 Å². The molecule has 146 valence electrons. The summed E-state index contributed by atoms with van der Waals surface area (Å²) in [6.07, 6.45) is 1.70. The Labute approximate surface area is 164 Å². The van der Waals surface area contributed by atoms with Gasteiger partial charge in [0, 0.05) is 30.3 Å². The molecule has 2 aromatic heterocycles. The van der Waals surface area contributed by atoms with Crippen molar-refractivity contribution in [3.63, 3.8) is 0 Å². The van der Waals surface area contributed by atoms with Crippen molar-refractivity contribution in [3.05, 3.63) is 59.4 Å². The van der Waals surface area contributed by atoms with Crippen LogP contribution in [0.3, 0.4) is 0 Å².